The van der Waals surface area contributed by atoms with E-state index >= 15 is 0 Å². The first kappa shape index (κ1) is 28.5. The van der Waals surface area contributed by atoms with Crippen LogP contribution in [0.4, 0.5) is 13.2 Å². The zero-order valence-electron chi connectivity index (χ0n) is 19.3. The number of amides is 1. The number of carbonyl (C=O) groups excluding carboxylic acids is 1. The van der Waals surface area contributed by atoms with Gasteiger partial charge in [-0.15, -0.1) is 0 Å². The molecule has 0 heterocycles. The molecule has 0 aliphatic heterocycles. The van der Waals surface area contributed by atoms with Gasteiger partial charge in [-0.3, -0.25) is 4.79 Å². The van der Waals surface area contributed by atoms with Crippen molar-refractivity contribution in [3.8, 4) is 5.75 Å². The fourth-order valence-corrected chi connectivity index (χ4v) is 4.90. The van der Waals surface area contributed by atoms with Gasteiger partial charge in [-0.2, -0.15) is 13.2 Å². The number of aromatic hydroxyl groups is 1. The second-order valence-electron chi connectivity index (χ2n) is 8.15. The molecule has 0 saturated carbocycles. The SMILES string of the molecule is O=C(NCC(F)(F)F)c1cc(S(=O)(=O)c2ccc(CCNC[C@H](O)c3cccc(Cl)c3)cc2)ccc1O. The molecule has 12 heteroatoms. The van der Waals surface area contributed by atoms with E-state index in [1.807, 2.05) is 0 Å². The topological polar surface area (TPSA) is 116 Å². The van der Waals surface area contributed by atoms with Crippen LogP contribution in [0.25, 0.3) is 0 Å². The molecular formula is C25H24ClF3N2O5S. The lowest BCUT2D eigenvalue weighted by Crippen LogP contribution is -2.33. The number of phenolic OH excluding ortho intramolecular Hbond substituents is 1. The van der Waals surface area contributed by atoms with Gasteiger partial charge in [-0.05, 0) is 66.6 Å². The van der Waals surface area contributed by atoms with Crippen LogP contribution in [-0.4, -0.2) is 50.3 Å². The van der Waals surface area contributed by atoms with E-state index < -0.39 is 45.9 Å². The Morgan fingerprint density at radius 2 is 1.68 bits per heavy atom. The van der Waals surface area contributed by atoms with E-state index in [-0.39, 0.29) is 9.79 Å². The Kier molecular flexibility index (Phi) is 9.19. The molecule has 0 saturated heterocycles. The van der Waals surface area contributed by atoms with Crippen LogP contribution in [0.1, 0.15) is 27.6 Å². The van der Waals surface area contributed by atoms with Crippen LogP contribution in [0, 0.1) is 0 Å². The number of phenols is 1. The van der Waals surface area contributed by atoms with Gasteiger partial charge in [0.2, 0.25) is 9.84 Å². The van der Waals surface area contributed by atoms with E-state index in [2.05, 4.69) is 5.32 Å². The van der Waals surface area contributed by atoms with Crippen LogP contribution in [0.2, 0.25) is 5.02 Å². The Hall–Kier alpha value is -3.12. The number of nitrogens with one attached hydrogen (secondary N) is 2. The monoisotopic (exact) mass is 556 g/mol. The van der Waals surface area contributed by atoms with E-state index in [0.29, 0.717) is 30.1 Å². The highest BCUT2D eigenvalue weighted by molar-refractivity contribution is 7.91. The van der Waals surface area contributed by atoms with E-state index in [1.165, 1.54) is 12.1 Å². The van der Waals surface area contributed by atoms with Gasteiger partial charge in [0.15, 0.2) is 0 Å². The molecule has 0 aromatic heterocycles. The number of aliphatic hydroxyl groups is 1. The number of carbonyl (C=O) groups is 1. The van der Waals surface area contributed by atoms with Gasteiger partial charge in [0.25, 0.3) is 5.91 Å². The summed E-state index contributed by atoms with van der Waals surface area (Å²) in [7, 11) is -4.12. The van der Waals surface area contributed by atoms with Crippen molar-refractivity contribution in [2.75, 3.05) is 19.6 Å². The lowest BCUT2D eigenvalue weighted by molar-refractivity contribution is -0.123. The lowest BCUT2D eigenvalue weighted by Gasteiger charge is -2.13. The van der Waals surface area contributed by atoms with Crippen LogP contribution < -0.4 is 10.6 Å². The van der Waals surface area contributed by atoms with Crippen LogP contribution in [0.3, 0.4) is 0 Å². The number of alkyl halides is 3. The van der Waals surface area contributed by atoms with Crippen molar-refractivity contribution in [1.82, 2.24) is 10.6 Å². The molecule has 198 valence electrons. The largest absolute Gasteiger partial charge is 0.507 e. The van der Waals surface area contributed by atoms with Gasteiger partial charge < -0.3 is 20.8 Å². The fraction of sp³-hybridized carbons (Fsp3) is 0.240. The molecule has 3 aromatic rings. The smallest absolute Gasteiger partial charge is 0.405 e. The highest BCUT2D eigenvalue weighted by Gasteiger charge is 2.29. The molecule has 7 nitrogen and oxygen atoms in total. The minimum absolute atomic E-state index is 0.0899. The summed E-state index contributed by atoms with van der Waals surface area (Å²) < 4.78 is 63.1. The fourth-order valence-electron chi connectivity index (χ4n) is 3.41. The number of hydrogen-bond acceptors (Lipinski definition) is 6. The molecular weight excluding hydrogens is 533 g/mol. The summed E-state index contributed by atoms with van der Waals surface area (Å²) in [6.07, 6.45) is -4.86. The number of hydrogen-bond donors (Lipinski definition) is 4. The predicted molar refractivity (Wildman–Crippen MR) is 131 cm³/mol. The molecule has 37 heavy (non-hydrogen) atoms. The molecule has 0 unspecified atom stereocenters. The van der Waals surface area contributed by atoms with Crippen LogP contribution in [0.15, 0.2) is 76.5 Å². The van der Waals surface area contributed by atoms with Gasteiger partial charge in [-0.25, -0.2) is 8.42 Å². The highest BCUT2D eigenvalue weighted by Crippen LogP contribution is 2.27. The maximum atomic E-state index is 13.0. The van der Waals surface area contributed by atoms with Gasteiger partial charge >= 0.3 is 6.18 Å². The minimum Gasteiger partial charge on any atom is -0.507 e. The Labute approximate surface area is 216 Å². The molecule has 1 atom stereocenters. The number of sulfone groups is 1. The molecule has 4 N–H and O–H groups in total. The maximum absolute atomic E-state index is 13.0. The first-order valence-corrected chi connectivity index (χ1v) is 12.9. The zero-order chi connectivity index (χ0) is 27.2. The van der Waals surface area contributed by atoms with E-state index in [4.69, 9.17) is 11.6 Å². The van der Waals surface area contributed by atoms with E-state index in [9.17, 15) is 36.6 Å². The van der Waals surface area contributed by atoms with Crippen LogP contribution in [0.5, 0.6) is 5.75 Å². The molecule has 1 amide bonds. The average molecular weight is 557 g/mol. The standard InChI is InChI=1S/C25H24ClF3N2O5S/c26-18-3-1-2-17(12-18)23(33)14-30-11-10-16-4-6-19(7-5-16)37(35,36)20-8-9-22(32)21(13-20)24(34)31-15-25(27,28)29/h1-9,12-13,23,30,32-33H,10-11,14-15H2,(H,31,34)/t23-/m0/s1. The third-order valence-corrected chi connectivity index (χ3v) is 7.37. The summed E-state index contributed by atoms with van der Waals surface area (Å²) in [4.78, 5) is 11.6. The van der Waals surface area contributed by atoms with Crippen molar-refractivity contribution in [3.05, 3.63) is 88.4 Å². The first-order chi connectivity index (χ1) is 17.4. The summed E-state index contributed by atoms with van der Waals surface area (Å²) in [6, 6.07) is 15.7. The van der Waals surface area contributed by atoms with Crippen molar-refractivity contribution in [2.24, 2.45) is 0 Å². The first-order valence-electron chi connectivity index (χ1n) is 11.0. The number of benzene rings is 3. The molecule has 3 aromatic carbocycles. The summed E-state index contributed by atoms with van der Waals surface area (Å²) in [5.41, 5.74) is 0.916. The van der Waals surface area contributed by atoms with Gasteiger partial charge in [0, 0.05) is 11.6 Å². The molecule has 0 fully saturated rings. The Balaban J connectivity index is 1.62. The average Bonchev–Trinajstić information content (AvgIpc) is 2.85. The van der Waals surface area contributed by atoms with Crippen molar-refractivity contribution >= 4 is 27.3 Å². The van der Waals surface area contributed by atoms with Crippen molar-refractivity contribution in [1.29, 1.82) is 0 Å². The van der Waals surface area contributed by atoms with Crippen LogP contribution >= 0.6 is 11.6 Å². The molecule has 0 aliphatic carbocycles. The third-order valence-electron chi connectivity index (χ3n) is 5.37. The minimum atomic E-state index is -4.66. The summed E-state index contributed by atoms with van der Waals surface area (Å²) in [5, 5.41) is 25.3. The molecule has 0 radical (unpaired) electrons. The quantitative estimate of drug-likeness (QED) is 0.280. The highest BCUT2D eigenvalue weighted by atomic mass is 35.5. The zero-order valence-corrected chi connectivity index (χ0v) is 20.9. The second-order valence-corrected chi connectivity index (χ2v) is 10.5. The van der Waals surface area contributed by atoms with Gasteiger partial charge in [0.1, 0.15) is 12.3 Å². The number of rotatable bonds is 10. The molecule has 0 bridgehead atoms. The summed E-state index contributed by atoms with van der Waals surface area (Å²) in [6.45, 7) is -0.817. The molecule has 0 spiro atoms. The normalized spacial score (nSPS) is 12.8. The Morgan fingerprint density at radius 1 is 1.00 bits per heavy atom. The van der Waals surface area contributed by atoms with E-state index in [1.54, 1.807) is 41.7 Å². The van der Waals surface area contributed by atoms with Crippen molar-refractivity contribution < 1.29 is 36.6 Å². The lowest BCUT2D eigenvalue weighted by atomic mass is 10.1. The summed E-state index contributed by atoms with van der Waals surface area (Å²) >= 11 is 5.93. The summed E-state index contributed by atoms with van der Waals surface area (Å²) in [5.74, 6) is -1.91. The van der Waals surface area contributed by atoms with E-state index in [0.717, 1.165) is 23.8 Å². The van der Waals surface area contributed by atoms with Crippen LogP contribution in [-0.2, 0) is 16.3 Å². The third kappa shape index (κ3) is 7.93. The second kappa shape index (κ2) is 12.0. The predicted octanol–water partition coefficient (Wildman–Crippen LogP) is 4.04. The van der Waals surface area contributed by atoms with Crippen molar-refractivity contribution in [2.45, 2.75) is 28.5 Å². The Bertz CT molecular complexity index is 1350. The van der Waals surface area contributed by atoms with Gasteiger partial charge in [-0.1, -0.05) is 35.9 Å². The molecule has 3 rings (SSSR count). The molecule has 0 aliphatic rings. The van der Waals surface area contributed by atoms with Gasteiger partial charge in [0.05, 0.1) is 21.5 Å². The number of aliphatic hydroxyl groups excluding tert-OH is 1. The maximum Gasteiger partial charge on any atom is 0.405 e. The number of halogens is 4. The Morgan fingerprint density at radius 3 is 2.32 bits per heavy atom. The van der Waals surface area contributed by atoms with Crippen molar-refractivity contribution in [3.63, 3.8) is 0 Å².